The third-order valence-electron chi connectivity index (χ3n) is 2.96. The van der Waals surface area contributed by atoms with E-state index in [4.69, 9.17) is 0 Å². The van der Waals surface area contributed by atoms with Crippen LogP contribution in [0.1, 0.15) is 34.6 Å². The predicted molar refractivity (Wildman–Crippen MR) is 124 cm³/mol. The van der Waals surface area contributed by atoms with Crippen molar-refractivity contribution in [3.8, 4) is 0 Å². The fourth-order valence-corrected chi connectivity index (χ4v) is 1.90. The molecule has 0 bridgehead atoms. The van der Waals surface area contributed by atoms with Crippen LogP contribution in [0.3, 0.4) is 0 Å². The van der Waals surface area contributed by atoms with E-state index in [9.17, 15) is 25.2 Å². The summed E-state index contributed by atoms with van der Waals surface area (Å²) in [5.41, 5.74) is 2.65. The van der Waals surface area contributed by atoms with Crippen LogP contribution in [0.4, 0.5) is 25.2 Å². The molecule has 3 aromatic heterocycles. The molecule has 206 valence electrons. The van der Waals surface area contributed by atoms with Gasteiger partial charge in [0.2, 0.25) is 0 Å². The number of imidazole rings is 3. The molecule has 3 heterocycles. The molecule has 3 aromatic rings. The van der Waals surface area contributed by atoms with Crippen LogP contribution >= 0.6 is 7.81 Å². The van der Waals surface area contributed by atoms with Crippen molar-refractivity contribution in [2.75, 3.05) is 21.1 Å². The first-order valence-electron chi connectivity index (χ1n) is 9.32. The number of hydrogen-bond acceptors (Lipinski definition) is 6. The molecule has 0 unspecified atom stereocenters. The second-order valence-electron chi connectivity index (χ2n) is 6.35. The summed E-state index contributed by atoms with van der Waals surface area (Å²) in [6.07, 6.45) is 10.6. The third-order valence-corrected chi connectivity index (χ3v) is 2.96. The number of nitrogens with one attached hydrogen (secondary N) is 3. The minimum absolute atomic E-state index is 0. The van der Waals surface area contributed by atoms with Gasteiger partial charge in [-0.25, -0.2) is 15.0 Å². The molecule has 0 fully saturated rings. The summed E-state index contributed by atoms with van der Waals surface area (Å²) < 4.78 is 59.2. The van der Waals surface area contributed by atoms with Crippen molar-refractivity contribution in [2.24, 2.45) is 15.0 Å². The Hall–Kier alpha value is -2.54. The smallest absolute Gasteiger partial charge is 1.00 e. The normalized spacial score (nSPS) is 12.7. The summed E-state index contributed by atoms with van der Waals surface area (Å²) in [5.74, 6) is 2.76. The molecule has 0 spiro atoms. The van der Waals surface area contributed by atoms with E-state index in [1.807, 2.05) is 39.4 Å². The zero-order valence-corrected chi connectivity index (χ0v) is 22.8. The Morgan fingerprint density at radius 2 is 0.806 bits per heavy atom. The fraction of sp³-hybridized carbons (Fsp3) is 0.333. The Balaban J connectivity index is -0.000000398. The van der Waals surface area contributed by atoms with Gasteiger partial charge in [0.15, 0.2) is 0 Å². The van der Waals surface area contributed by atoms with E-state index in [2.05, 4.69) is 44.9 Å². The molecule has 0 aliphatic rings. The summed E-state index contributed by atoms with van der Waals surface area (Å²) in [6, 6.07) is 0. The maximum atomic E-state index is 9.87. The minimum atomic E-state index is -10.7. The van der Waals surface area contributed by atoms with Gasteiger partial charge in [-0.05, 0) is 20.8 Å². The first-order chi connectivity index (χ1) is 15.4. The zero-order valence-electron chi connectivity index (χ0n) is 20.1. The standard InChI is InChI=1S/3C6H9N3.ClH.F6P.Fe/c3*1-5-8-4-6(9-5)3-7-2;;1-7(2,3,4,5)6;/h3*3-4H,1-2H3,(H,8,9);1H;;/q;;;;-1;+2/p-1. The van der Waals surface area contributed by atoms with E-state index in [-0.39, 0.29) is 29.5 Å². The zero-order chi connectivity index (χ0) is 26.5. The quantitative estimate of drug-likeness (QED) is 0.184. The molecular formula is C18H27ClF6FeN9P. The van der Waals surface area contributed by atoms with E-state index in [1.54, 1.807) is 39.8 Å². The van der Waals surface area contributed by atoms with Gasteiger partial charge in [0.25, 0.3) is 0 Å². The Labute approximate surface area is 221 Å². The summed E-state index contributed by atoms with van der Waals surface area (Å²) >= 11 is 0. The Kier molecular flexibility index (Phi) is 16.4. The van der Waals surface area contributed by atoms with Crippen molar-refractivity contribution >= 4 is 26.5 Å². The van der Waals surface area contributed by atoms with Crippen molar-refractivity contribution in [2.45, 2.75) is 20.8 Å². The van der Waals surface area contributed by atoms with E-state index < -0.39 is 7.81 Å². The average Bonchev–Trinajstić information content (AvgIpc) is 3.38. The summed E-state index contributed by atoms with van der Waals surface area (Å²) in [5, 5.41) is 0. The number of aromatic nitrogens is 6. The molecule has 3 rings (SSSR count). The predicted octanol–water partition coefficient (Wildman–Crippen LogP) is 2.68. The number of aliphatic imine (C=N–C) groups is 3. The van der Waals surface area contributed by atoms with Gasteiger partial charge in [-0.3, -0.25) is 15.0 Å². The summed E-state index contributed by atoms with van der Waals surface area (Å²) in [7, 11) is -5.48. The maximum Gasteiger partial charge on any atom is 2.00 e. The van der Waals surface area contributed by atoms with Gasteiger partial charge in [-0.15, -0.1) is 0 Å². The maximum absolute atomic E-state index is 10.7. The van der Waals surface area contributed by atoms with Crippen LogP contribution in [0, 0.1) is 20.8 Å². The number of halogens is 7. The number of hydrogen-bond donors (Lipinski definition) is 3. The van der Waals surface area contributed by atoms with Crippen LogP contribution in [0.2, 0.25) is 0 Å². The molecule has 0 radical (unpaired) electrons. The van der Waals surface area contributed by atoms with Crippen LogP contribution in [-0.4, -0.2) is 69.7 Å². The molecule has 18 heteroatoms. The van der Waals surface area contributed by atoms with Crippen LogP contribution in [0.5, 0.6) is 0 Å². The third kappa shape index (κ3) is 26.1. The summed E-state index contributed by atoms with van der Waals surface area (Å²) in [6.45, 7) is 5.73. The molecule has 0 aromatic carbocycles. The molecular weight excluding hydrogens is 579 g/mol. The molecule has 0 aliphatic heterocycles. The SMILES string of the molecule is CN=Cc1c[nH]c(C)n1.CN=Cc1c[nH]c(C)n1.CN=Cc1c[nH]c(C)n1.F[P-](F)(F)(F)(F)F.[Cl-].[Fe+2]. The van der Waals surface area contributed by atoms with Crippen LogP contribution in [0.15, 0.2) is 33.6 Å². The first-order valence-corrected chi connectivity index (χ1v) is 11.3. The summed E-state index contributed by atoms with van der Waals surface area (Å²) in [4.78, 5) is 32.6. The van der Waals surface area contributed by atoms with Gasteiger partial charge in [0.05, 0.1) is 17.1 Å². The molecule has 0 amide bonds. The molecule has 0 aliphatic carbocycles. The van der Waals surface area contributed by atoms with Crippen molar-refractivity contribution < 1.29 is 54.7 Å². The average molecular weight is 606 g/mol. The Bertz CT molecular complexity index is 967. The fourth-order valence-electron chi connectivity index (χ4n) is 1.90. The van der Waals surface area contributed by atoms with Crippen molar-refractivity contribution in [3.63, 3.8) is 0 Å². The van der Waals surface area contributed by atoms with Crippen molar-refractivity contribution in [1.82, 2.24) is 29.9 Å². The van der Waals surface area contributed by atoms with E-state index in [0.717, 1.165) is 34.6 Å². The van der Waals surface area contributed by atoms with Gasteiger partial charge >= 0.3 is 50.1 Å². The Morgan fingerprint density at radius 3 is 0.917 bits per heavy atom. The van der Waals surface area contributed by atoms with Crippen LogP contribution < -0.4 is 12.4 Å². The van der Waals surface area contributed by atoms with E-state index in [0.29, 0.717) is 0 Å². The van der Waals surface area contributed by atoms with Crippen molar-refractivity contribution in [1.29, 1.82) is 0 Å². The minimum Gasteiger partial charge on any atom is -1.00 e. The molecule has 36 heavy (non-hydrogen) atoms. The van der Waals surface area contributed by atoms with Gasteiger partial charge in [-0.1, -0.05) is 0 Å². The topological polar surface area (TPSA) is 123 Å². The molecule has 0 saturated heterocycles. The molecule has 0 atom stereocenters. The van der Waals surface area contributed by atoms with Crippen LogP contribution in [0.25, 0.3) is 0 Å². The molecule has 9 nitrogen and oxygen atoms in total. The Morgan fingerprint density at radius 1 is 0.611 bits per heavy atom. The number of H-pyrrole nitrogens is 3. The number of rotatable bonds is 3. The van der Waals surface area contributed by atoms with Gasteiger partial charge in [-0.2, -0.15) is 0 Å². The largest absolute Gasteiger partial charge is 2.00 e. The van der Waals surface area contributed by atoms with E-state index in [1.165, 1.54) is 0 Å². The second-order valence-corrected chi connectivity index (χ2v) is 8.27. The van der Waals surface area contributed by atoms with Crippen LogP contribution in [-0.2, 0) is 17.1 Å². The molecule has 0 saturated carbocycles. The number of aryl methyl sites for hydroxylation is 3. The molecule has 3 N–H and O–H groups in total. The first kappa shape index (κ1) is 38.0. The monoisotopic (exact) mass is 605 g/mol. The number of aromatic amines is 3. The van der Waals surface area contributed by atoms with E-state index >= 15 is 0 Å². The van der Waals surface area contributed by atoms with Gasteiger partial charge < -0.3 is 27.4 Å². The van der Waals surface area contributed by atoms with Crippen molar-refractivity contribution in [3.05, 3.63) is 53.1 Å². The van der Waals surface area contributed by atoms with Gasteiger partial charge in [0, 0.05) is 58.4 Å². The second kappa shape index (κ2) is 15.5. The van der Waals surface area contributed by atoms with Gasteiger partial charge in [0.1, 0.15) is 17.5 Å². The number of nitrogens with zero attached hydrogens (tertiary/aromatic N) is 6.